The molecule has 166 valence electrons. The van der Waals surface area contributed by atoms with E-state index in [0.717, 1.165) is 5.56 Å². The molecule has 1 aromatic heterocycles. The van der Waals surface area contributed by atoms with Crippen LogP contribution in [-0.2, 0) is 14.8 Å². The molecule has 2 aromatic rings. The molecule has 0 radical (unpaired) electrons. The van der Waals surface area contributed by atoms with Crippen LogP contribution < -0.4 is 14.8 Å². The number of benzene rings is 1. The van der Waals surface area contributed by atoms with Gasteiger partial charge in [-0.2, -0.15) is 16.1 Å². The van der Waals surface area contributed by atoms with Crippen molar-refractivity contribution in [2.75, 3.05) is 27.7 Å². The fourth-order valence-corrected chi connectivity index (χ4v) is 4.99. The average Bonchev–Trinajstić information content (AvgIpc) is 3.21. The largest absolute Gasteiger partial charge is 0.497 e. The number of carbonyl (C=O) groups is 1. The van der Waals surface area contributed by atoms with E-state index in [9.17, 15) is 13.2 Å². The van der Waals surface area contributed by atoms with Crippen molar-refractivity contribution in [2.24, 2.45) is 5.92 Å². The maximum Gasteiger partial charge on any atom is 0.241 e. The van der Waals surface area contributed by atoms with E-state index >= 15 is 0 Å². The zero-order chi connectivity index (χ0) is 22.3. The van der Waals surface area contributed by atoms with Gasteiger partial charge < -0.3 is 15.0 Å². The summed E-state index contributed by atoms with van der Waals surface area (Å²) >= 11 is 1.60. The molecule has 0 bridgehead atoms. The molecule has 0 saturated carbocycles. The molecule has 0 fully saturated rings. The molecule has 30 heavy (non-hydrogen) atoms. The highest BCUT2D eigenvalue weighted by molar-refractivity contribution is 7.89. The lowest BCUT2D eigenvalue weighted by atomic mass is 10.0. The van der Waals surface area contributed by atoms with E-state index in [1.807, 2.05) is 44.3 Å². The van der Waals surface area contributed by atoms with E-state index in [2.05, 4.69) is 15.4 Å². The number of likely N-dealkylation sites (N-methyl/N-ethyl adjacent to an activating group) is 1. The number of nitrogens with one attached hydrogen (secondary N) is 2. The van der Waals surface area contributed by atoms with Crippen molar-refractivity contribution < 1.29 is 17.9 Å². The fraction of sp³-hybridized carbons (Fsp3) is 0.476. The molecule has 7 nitrogen and oxygen atoms in total. The molecule has 0 aliphatic rings. The smallest absolute Gasteiger partial charge is 0.241 e. The van der Waals surface area contributed by atoms with E-state index in [4.69, 9.17) is 4.74 Å². The van der Waals surface area contributed by atoms with Gasteiger partial charge in [-0.1, -0.05) is 13.8 Å². The van der Waals surface area contributed by atoms with Crippen LogP contribution in [-0.4, -0.2) is 53.0 Å². The molecule has 1 heterocycles. The van der Waals surface area contributed by atoms with Crippen LogP contribution in [0.15, 0.2) is 46.0 Å². The summed E-state index contributed by atoms with van der Waals surface area (Å²) in [6.07, 6.45) is 0.395. The van der Waals surface area contributed by atoms with E-state index in [1.54, 1.807) is 23.5 Å². The minimum absolute atomic E-state index is 0.0121. The second-order valence-corrected chi connectivity index (χ2v) is 10.3. The molecule has 2 rings (SSSR count). The van der Waals surface area contributed by atoms with Crippen LogP contribution in [0, 0.1) is 5.92 Å². The number of hydrogen-bond donors (Lipinski definition) is 2. The summed E-state index contributed by atoms with van der Waals surface area (Å²) in [5, 5.41) is 6.98. The molecular weight excluding hydrogens is 422 g/mol. The van der Waals surface area contributed by atoms with Crippen molar-refractivity contribution in [1.82, 2.24) is 14.9 Å². The van der Waals surface area contributed by atoms with Crippen molar-refractivity contribution in [2.45, 2.75) is 37.2 Å². The van der Waals surface area contributed by atoms with Crippen molar-refractivity contribution >= 4 is 27.3 Å². The summed E-state index contributed by atoms with van der Waals surface area (Å²) in [6, 6.07) is 7.26. The monoisotopic (exact) mass is 453 g/mol. The Morgan fingerprint density at radius 3 is 2.33 bits per heavy atom. The third-order valence-corrected chi connectivity index (χ3v) is 6.90. The molecule has 2 N–H and O–H groups in total. The standard InChI is InChI=1S/C21H31N3O4S2/c1-15(2)12-19(23-30(26,27)18-8-6-17(28-5)7-9-18)21(25)22-13-20(24(3)4)16-10-11-29-14-16/h6-11,14-15,19-20,23H,12-13H2,1-5H3,(H,22,25)/t19-,20-/m0/s1. The van der Waals surface area contributed by atoms with Gasteiger partial charge in [-0.05, 0) is 73.1 Å². The van der Waals surface area contributed by atoms with Crippen molar-refractivity contribution in [3.05, 3.63) is 46.7 Å². The third-order valence-electron chi connectivity index (χ3n) is 4.71. The van der Waals surface area contributed by atoms with Crippen LogP contribution in [0.1, 0.15) is 31.9 Å². The third kappa shape index (κ3) is 6.80. The Kier molecular flexibility index (Phi) is 8.84. The summed E-state index contributed by atoms with van der Waals surface area (Å²) in [6.45, 7) is 4.30. The zero-order valence-corrected chi connectivity index (χ0v) is 19.7. The lowest BCUT2D eigenvalue weighted by Gasteiger charge is -2.26. The van der Waals surface area contributed by atoms with Gasteiger partial charge in [-0.15, -0.1) is 0 Å². The topological polar surface area (TPSA) is 87.7 Å². The van der Waals surface area contributed by atoms with Crippen LogP contribution >= 0.6 is 11.3 Å². The highest BCUT2D eigenvalue weighted by Crippen LogP contribution is 2.20. The fourth-order valence-electron chi connectivity index (χ4n) is 3.07. The number of rotatable bonds is 11. The summed E-state index contributed by atoms with van der Waals surface area (Å²) in [5.74, 6) is 0.372. The first-order valence-electron chi connectivity index (χ1n) is 9.76. The van der Waals surface area contributed by atoms with Gasteiger partial charge in [0.1, 0.15) is 11.8 Å². The lowest BCUT2D eigenvalue weighted by molar-refractivity contribution is -0.123. The molecule has 0 spiro atoms. The number of amides is 1. The van der Waals surface area contributed by atoms with Crippen LogP contribution in [0.5, 0.6) is 5.75 Å². The minimum Gasteiger partial charge on any atom is -0.497 e. The van der Waals surface area contributed by atoms with Crippen LogP contribution in [0.2, 0.25) is 0 Å². The molecule has 0 saturated heterocycles. The second-order valence-electron chi connectivity index (χ2n) is 7.76. The quantitative estimate of drug-likeness (QED) is 0.546. The van der Waals surface area contributed by atoms with Crippen LogP contribution in [0.3, 0.4) is 0 Å². The average molecular weight is 454 g/mol. The van der Waals surface area contributed by atoms with Crippen LogP contribution in [0.4, 0.5) is 0 Å². The minimum atomic E-state index is -3.85. The predicted octanol–water partition coefficient (Wildman–Crippen LogP) is 2.87. The van der Waals surface area contributed by atoms with Gasteiger partial charge in [-0.3, -0.25) is 4.79 Å². The van der Waals surface area contributed by atoms with E-state index < -0.39 is 16.1 Å². The van der Waals surface area contributed by atoms with Gasteiger partial charge in [0.25, 0.3) is 0 Å². The first-order chi connectivity index (χ1) is 14.1. The molecule has 0 aliphatic heterocycles. The summed E-state index contributed by atoms with van der Waals surface area (Å²) in [4.78, 5) is 15.0. The Balaban J connectivity index is 2.12. The molecule has 2 atom stereocenters. The molecule has 0 unspecified atom stereocenters. The summed E-state index contributed by atoms with van der Waals surface area (Å²) in [5.41, 5.74) is 1.12. The first-order valence-corrected chi connectivity index (χ1v) is 12.2. The van der Waals surface area contributed by atoms with E-state index in [0.29, 0.717) is 18.7 Å². The molecular formula is C21H31N3O4S2. The van der Waals surface area contributed by atoms with Crippen molar-refractivity contribution in [3.8, 4) is 5.75 Å². The maximum absolute atomic E-state index is 12.9. The van der Waals surface area contributed by atoms with Gasteiger partial charge in [0.2, 0.25) is 15.9 Å². The Bertz CT molecular complexity index is 895. The number of sulfonamides is 1. The predicted molar refractivity (Wildman–Crippen MR) is 120 cm³/mol. The number of thiophene rings is 1. The van der Waals surface area contributed by atoms with Crippen LogP contribution in [0.25, 0.3) is 0 Å². The number of ether oxygens (including phenoxy) is 1. The Morgan fingerprint density at radius 1 is 1.17 bits per heavy atom. The van der Waals surface area contributed by atoms with Gasteiger partial charge in [0.15, 0.2) is 0 Å². The van der Waals surface area contributed by atoms with Gasteiger partial charge in [-0.25, -0.2) is 8.42 Å². The normalized spacial score (nSPS) is 14.0. The van der Waals surface area contributed by atoms with Gasteiger partial charge in [0.05, 0.1) is 18.0 Å². The highest BCUT2D eigenvalue weighted by atomic mass is 32.2. The summed E-state index contributed by atoms with van der Waals surface area (Å²) < 4.78 is 33.3. The molecule has 1 aromatic carbocycles. The number of methoxy groups -OCH3 is 1. The Hall–Kier alpha value is -1.94. The molecule has 9 heteroatoms. The number of nitrogens with zero attached hydrogens (tertiary/aromatic N) is 1. The lowest BCUT2D eigenvalue weighted by Crippen LogP contribution is -2.48. The zero-order valence-electron chi connectivity index (χ0n) is 18.1. The van der Waals surface area contributed by atoms with Gasteiger partial charge in [0, 0.05) is 6.54 Å². The maximum atomic E-state index is 12.9. The van der Waals surface area contributed by atoms with E-state index in [-0.39, 0.29) is 22.8 Å². The SMILES string of the molecule is COc1ccc(S(=O)(=O)N[C@@H](CC(C)C)C(=O)NC[C@@H](c2ccsc2)N(C)C)cc1. The number of hydrogen-bond acceptors (Lipinski definition) is 6. The Morgan fingerprint density at radius 2 is 1.83 bits per heavy atom. The number of carbonyl (C=O) groups excluding carboxylic acids is 1. The van der Waals surface area contributed by atoms with Gasteiger partial charge >= 0.3 is 0 Å². The van der Waals surface area contributed by atoms with Crippen molar-refractivity contribution in [3.63, 3.8) is 0 Å². The molecule has 0 aliphatic carbocycles. The Labute approximate surface area is 183 Å². The van der Waals surface area contributed by atoms with E-state index in [1.165, 1.54) is 19.2 Å². The molecule has 1 amide bonds. The van der Waals surface area contributed by atoms with Crippen molar-refractivity contribution in [1.29, 1.82) is 0 Å². The second kappa shape index (κ2) is 10.9. The highest BCUT2D eigenvalue weighted by Gasteiger charge is 2.27. The first kappa shape index (κ1) is 24.3. The summed E-state index contributed by atoms with van der Waals surface area (Å²) in [7, 11) is 1.57.